The first-order chi connectivity index (χ1) is 6.95. The summed E-state index contributed by atoms with van der Waals surface area (Å²) >= 11 is 0. The Morgan fingerprint density at radius 1 is 1.60 bits per heavy atom. The van der Waals surface area contributed by atoms with Crippen molar-refractivity contribution in [2.45, 2.75) is 26.2 Å². The molecule has 3 unspecified atom stereocenters. The van der Waals surface area contributed by atoms with E-state index in [1.807, 2.05) is 0 Å². The van der Waals surface area contributed by atoms with Gasteiger partial charge in [-0.05, 0) is 13.8 Å². The van der Waals surface area contributed by atoms with E-state index in [0.717, 1.165) is 4.90 Å². The molecule has 0 radical (unpaired) electrons. The fraction of sp³-hybridized carbons (Fsp3) is 0.556. The van der Waals surface area contributed by atoms with Gasteiger partial charge in [-0.3, -0.25) is 9.69 Å². The SMILES string of the molecule is CC1=C(C(=O)O)N2C(=O)C(C(C)O)C2O1. The van der Waals surface area contributed by atoms with Crippen molar-refractivity contribution < 1.29 is 24.5 Å². The van der Waals surface area contributed by atoms with Gasteiger partial charge in [0, 0.05) is 0 Å². The highest BCUT2D eigenvalue weighted by Gasteiger charge is 2.58. The van der Waals surface area contributed by atoms with Gasteiger partial charge in [-0.15, -0.1) is 0 Å². The highest BCUT2D eigenvalue weighted by Crippen LogP contribution is 2.41. The molecule has 82 valence electrons. The molecule has 1 amide bonds. The number of aliphatic hydroxyl groups is 1. The lowest BCUT2D eigenvalue weighted by atomic mass is 9.91. The summed E-state index contributed by atoms with van der Waals surface area (Å²) in [5, 5.41) is 18.2. The van der Waals surface area contributed by atoms with Crippen LogP contribution in [0.15, 0.2) is 11.5 Å². The first-order valence-corrected chi connectivity index (χ1v) is 4.57. The second-order valence-electron chi connectivity index (χ2n) is 3.69. The Balaban J connectivity index is 2.27. The van der Waals surface area contributed by atoms with E-state index >= 15 is 0 Å². The molecular formula is C9H11NO5. The first kappa shape index (κ1) is 9.97. The number of carboxylic acids is 1. The average Bonchev–Trinajstić information content (AvgIpc) is 2.38. The van der Waals surface area contributed by atoms with Crippen molar-refractivity contribution in [3.8, 4) is 0 Å². The summed E-state index contributed by atoms with van der Waals surface area (Å²) in [6.07, 6.45) is -1.48. The van der Waals surface area contributed by atoms with Crippen molar-refractivity contribution in [3.05, 3.63) is 11.5 Å². The van der Waals surface area contributed by atoms with E-state index in [0.29, 0.717) is 0 Å². The molecule has 0 aromatic rings. The number of hydrogen-bond donors (Lipinski definition) is 2. The Morgan fingerprint density at radius 3 is 2.67 bits per heavy atom. The van der Waals surface area contributed by atoms with Crippen LogP contribution in [0.1, 0.15) is 13.8 Å². The molecule has 2 aliphatic heterocycles. The largest absolute Gasteiger partial charge is 0.476 e. The molecule has 0 aromatic heterocycles. The Hall–Kier alpha value is -1.56. The molecule has 15 heavy (non-hydrogen) atoms. The maximum Gasteiger partial charge on any atom is 0.356 e. The fourth-order valence-electron chi connectivity index (χ4n) is 1.95. The van der Waals surface area contributed by atoms with E-state index in [1.54, 1.807) is 0 Å². The number of carbonyl (C=O) groups excluding carboxylic acids is 1. The Labute approximate surface area is 85.7 Å². The summed E-state index contributed by atoms with van der Waals surface area (Å²) in [6.45, 7) is 2.98. The van der Waals surface area contributed by atoms with Crippen LogP contribution in [0, 0.1) is 5.92 Å². The number of amides is 1. The van der Waals surface area contributed by atoms with Crippen molar-refractivity contribution >= 4 is 11.9 Å². The second-order valence-corrected chi connectivity index (χ2v) is 3.69. The summed E-state index contributed by atoms with van der Waals surface area (Å²) in [5.74, 6) is -2.03. The van der Waals surface area contributed by atoms with E-state index in [4.69, 9.17) is 9.84 Å². The van der Waals surface area contributed by atoms with Crippen LogP contribution >= 0.6 is 0 Å². The molecule has 6 heteroatoms. The lowest BCUT2D eigenvalue weighted by Crippen LogP contribution is -2.62. The number of allylic oxidation sites excluding steroid dienone is 1. The number of rotatable bonds is 2. The van der Waals surface area contributed by atoms with Gasteiger partial charge in [-0.2, -0.15) is 0 Å². The summed E-state index contributed by atoms with van der Waals surface area (Å²) < 4.78 is 5.22. The number of ether oxygens (including phenoxy) is 1. The summed E-state index contributed by atoms with van der Waals surface area (Å²) in [4.78, 5) is 23.4. The van der Waals surface area contributed by atoms with Gasteiger partial charge in [-0.25, -0.2) is 4.79 Å². The lowest BCUT2D eigenvalue weighted by Gasteiger charge is -2.42. The standard InChI is InChI=1S/C9H11NO5/c1-3(11)5-7(12)10-6(9(13)14)4(2)15-8(5)10/h3,5,8,11H,1-2H3,(H,13,14). The van der Waals surface area contributed by atoms with Gasteiger partial charge in [0.2, 0.25) is 5.91 Å². The molecule has 0 aliphatic carbocycles. The van der Waals surface area contributed by atoms with Crippen molar-refractivity contribution in [1.29, 1.82) is 0 Å². The minimum absolute atomic E-state index is 0.123. The van der Waals surface area contributed by atoms with Gasteiger partial charge in [0.25, 0.3) is 0 Å². The molecule has 0 saturated carbocycles. The topological polar surface area (TPSA) is 87.1 Å². The van der Waals surface area contributed by atoms with Crippen LogP contribution < -0.4 is 0 Å². The third-order valence-corrected chi connectivity index (χ3v) is 2.68. The number of hydrogen-bond acceptors (Lipinski definition) is 4. The van der Waals surface area contributed by atoms with E-state index in [9.17, 15) is 14.7 Å². The second kappa shape index (κ2) is 2.96. The predicted octanol–water partition coefficient (Wildman–Crippen LogP) is -0.502. The molecular weight excluding hydrogens is 202 g/mol. The van der Waals surface area contributed by atoms with Gasteiger partial charge < -0.3 is 14.9 Å². The minimum Gasteiger partial charge on any atom is -0.476 e. The maximum absolute atomic E-state index is 11.5. The van der Waals surface area contributed by atoms with Gasteiger partial charge in [0.1, 0.15) is 11.7 Å². The van der Waals surface area contributed by atoms with Gasteiger partial charge >= 0.3 is 5.97 Å². The smallest absolute Gasteiger partial charge is 0.356 e. The van der Waals surface area contributed by atoms with Crippen LogP contribution in [0.5, 0.6) is 0 Å². The number of β-lactam (4-membered cyclic amide) rings is 1. The molecule has 2 N–H and O–H groups in total. The molecule has 0 aromatic carbocycles. The molecule has 0 spiro atoms. The van der Waals surface area contributed by atoms with Crippen molar-refractivity contribution in [2.75, 3.05) is 0 Å². The van der Waals surface area contributed by atoms with Crippen molar-refractivity contribution in [1.82, 2.24) is 4.90 Å². The fourth-order valence-corrected chi connectivity index (χ4v) is 1.95. The van der Waals surface area contributed by atoms with E-state index < -0.39 is 30.1 Å². The lowest BCUT2D eigenvalue weighted by molar-refractivity contribution is -0.181. The number of aliphatic hydroxyl groups excluding tert-OH is 1. The van der Waals surface area contributed by atoms with Crippen molar-refractivity contribution in [2.24, 2.45) is 5.92 Å². The van der Waals surface area contributed by atoms with E-state index in [1.165, 1.54) is 13.8 Å². The van der Waals surface area contributed by atoms with Crippen LogP contribution in [-0.2, 0) is 14.3 Å². The first-order valence-electron chi connectivity index (χ1n) is 4.57. The third kappa shape index (κ3) is 1.14. The van der Waals surface area contributed by atoms with Crippen LogP contribution in [0.4, 0.5) is 0 Å². The van der Waals surface area contributed by atoms with Crippen LogP contribution in [-0.4, -0.2) is 39.3 Å². The molecule has 1 saturated heterocycles. The summed E-state index contributed by atoms with van der Waals surface area (Å²) in [7, 11) is 0. The summed E-state index contributed by atoms with van der Waals surface area (Å²) in [5.41, 5.74) is -0.123. The zero-order valence-corrected chi connectivity index (χ0v) is 8.30. The zero-order valence-electron chi connectivity index (χ0n) is 8.30. The van der Waals surface area contributed by atoms with E-state index in [2.05, 4.69) is 0 Å². The van der Waals surface area contributed by atoms with Crippen LogP contribution in [0.3, 0.4) is 0 Å². The molecule has 2 heterocycles. The highest BCUT2D eigenvalue weighted by atomic mass is 16.5. The monoisotopic (exact) mass is 213 g/mol. The molecule has 3 atom stereocenters. The summed E-state index contributed by atoms with van der Waals surface area (Å²) in [6, 6.07) is 0. The number of aliphatic carboxylic acids is 1. The normalized spacial score (nSPS) is 30.9. The molecule has 2 aliphatic rings. The minimum atomic E-state index is -1.19. The van der Waals surface area contributed by atoms with Crippen LogP contribution in [0.2, 0.25) is 0 Å². The van der Waals surface area contributed by atoms with E-state index in [-0.39, 0.29) is 11.5 Å². The quantitative estimate of drug-likeness (QED) is 0.604. The zero-order chi connectivity index (χ0) is 11.3. The predicted molar refractivity (Wildman–Crippen MR) is 47.2 cm³/mol. The number of nitrogens with zero attached hydrogens (tertiary/aromatic N) is 1. The Kier molecular flexibility index (Phi) is 1.97. The van der Waals surface area contributed by atoms with Gasteiger partial charge in [0.15, 0.2) is 11.9 Å². The van der Waals surface area contributed by atoms with Crippen molar-refractivity contribution in [3.63, 3.8) is 0 Å². The molecule has 2 rings (SSSR count). The third-order valence-electron chi connectivity index (χ3n) is 2.68. The molecule has 1 fully saturated rings. The molecule has 0 bridgehead atoms. The molecule has 6 nitrogen and oxygen atoms in total. The van der Waals surface area contributed by atoms with Gasteiger partial charge in [0.05, 0.1) is 6.10 Å². The number of carboxylic acid groups (broad SMARTS) is 1. The maximum atomic E-state index is 11.5. The number of carbonyl (C=O) groups is 2. The average molecular weight is 213 g/mol. The van der Waals surface area contributed by atoms with Gasteiger partial charge in [-0.1, -0.05) is 0 Å². The Bertz CT molecular complexity index is 373. The van der Waals surface area contributed by atoms with Crippen LogP contribution in [0.25, 0.3) is 0 Å². The number of fused-ring (bicyclic) bond motifs is 1. The Morgan fingerprint density at radius 2 is 2.20 bits per heavy atom. The highest BCUT2D eigenvalue weighted by molar-refractivity contribution is 5.98.